The Morgan fingerprint density at radius 2 is 1.85 bits per heavy atom. The van der Waals surface area contributed by atoms with Crippen LogP contribution in [0, 0.1) is 0 Å². The number of nitrogens with one attached hydrogen (secondary N) is 3. The molecule has 2 amide bonds. The molecule has 1 saturated heterocycles. The van der Waals surface area contributed by atoms with E-state index in [-0.39, 0.29) is 24.9 Å². The maximum atomic E-state index is 12.2. The molecule has 1 aliphatic carbocycles. The topological polar surface area (TPSA) is 108 Å². The van der Waals surface area contributed by atoms with Crippen molar-refractivity contribution in [3.05, 3.63) is 0 Å². The summed E-state index contributed by atoms with van der Waals surface area (Å²) < 4.78 is 0. The second-order valence-corrected chi connectivity index (χ2v) is 5.53. The predicted molar refractivity (Wildman–Crippen MR) is 71.0 cm³/mol. The molecule has 0 aromatic rings. The molecule has 7 heteroatoms. The molecule has 1 atom stereocenters. The third kappa shape index (κ3) is 3.27. The first kappa shape index (κ1) is 14.8. The maximum absolute atomic E-state index is 12.2. The maximum Gasteiger partial charge on any atom is 0.329 e. The van der Waals surface area contributed by atoms with Crippen molar-refractivity contribution in [2.24, 2.45) is 0 Å². The lowest BCUT2D eigenvalue weighted by atomic mass is 9.89. The summed E-state index contributed by atoms with van der Waals surface area (Å²) in [4.78, 5) is 34.8. The van der Waals surface area contributed by atoms with E-state index in [1.165, 1.54) is 0 Å². The summed E-state index contributed by atoms with van der Waals surface area (Å²) in [5.41, 5.74) is -1.16. The first-order valence-electron chi connectivity index (χ1n) is 7.09. The first-order chi connectivity index (χ1) is 9.53. The number of piperazine rings is 1. The number of carbonyl (C=O) groups excluding carboxylic acids is 2. The molecule has 2 aliphatic rings. The van der Waals surface area contributed by atoms with E-state index in [2.05, 4.69) is 16.0 Å². The van der Waals surface area contributed by atoms with Crippen LogP contribution >= 0.6 is 0 Å². The highest BCUT2D eigenvalue weighted by Gasteiger charge is 2.41. The van der Waals surface area contributed by atoms with E-state index in [9.17, 15) is 19.5 Å². The Labute approximate surface area is 117 Å². The molecule has 112 valence electrons. The zero-order valence-electron chi connectivity index (χ0n) is 11.4. The van der Waals surface area contributed by atoms with Gasteiger partial charge in [0.1, 0.15) is 11.6 Å². The Bertz CT molecular complexity index is 392. The van der Waals surface area contributed by atoms with Crippen molar-refractivity contribution in [1.82, 2.24) is 16.0 Å². The Balaban J connectivity index is 2.02. The fraction of sp³-hybridized carbons (Fsp3) is 0.769. The third-order valence-corrected chi connectivity index (χ3v) is 4.06. The van der Waals surface area contributed by atoms with E-state index in [0.29, 0.717) is 12.8 Å². The van der Waals surface area contributed by atoms with E-state index < -0.39 is 17.6 Å². The number of carboxylic acid groups (broad SMARTS) is 1. The van der Waals surface area contributed by atoms with Gasteiger partial charge in [-0.25, -0.2) is 4.79 Å². The number of hydrogen-bond acceptors (Lipinski definition) is 4. The molecule has 1 aliphatic heterocycles. The second kappa shape index (κ2) is 6.21. The lowest BCUT2D eigenvalue weighted by Gasteiger charge is -2.32. The summed E-state index contributed by atoms with van der Waals surface area (Å²) in [7, 11) is 0. The van der Waals surface area contributed by atoms with Gasteiger partial charge in [0, 0.05) is 6.54 Å². The number of amides is 2. The van der Waals surface area contributed by atoms with Crippen molar-refractivity contribution < 1.29 is 19.5 Å². The van der Waals surface area contributed by atoms with E-state index in [1.54, 1.807) is 0 Å². The van der Waals surface area contributed by atoms with Crippen LogP contribution in [0.3, 0.4) is 0 Å². The van der Waals surface area contributed by atoms with Gasteiger partial charge in [0.2, 0.25) is 11.8 Å². The molecule has 4 N–H and O–H groups in total. The van der Waals surface area contributed by atoms with Gasteiger partial charge in [-0.15, -0.1) is 0 Å². The summed E-state index contributed by atoms with van der Waals surface area (Å²) in [5.74, 6) is -1.47. The number of rotatable bonds is 3. The number of carbonyl (C=O) groups is 3. The molecule has 20 heavy (non-hydrogen) atoms. The van der Waals surface area contributed by atoms with Crippen molar-refractivity contribution in [2.45, 2.75) is 50.1 Å². The quantitative estimate of drug-likeness (QED) is 0.516. The number of aliphatic carboxylic acids is 1. The minimum atomic E-state index is -1.16. The summed E-state index contributed by atoms with van der Waals surface area (Å²) in [6.07, 6.45) is 4.55. The van der Waals surface area contributed by atoms with Gasteiger partial charge in [-0.3, -0.25) is 14.9 Å². The highest BCUT2D eigenvalue weighted by molar-refractivity contribution is 5.91. The van der Waals surface area contributed by atoms with Crippen LogP contribution in [-0.2, 0) is 14.4 Å². The molecule has 2 rings (SSSR count). The third-order valence-electron chi connectivity index (χ3n) is 4.06. The van der Waals surface area contributed by atoms with E-state index >= 15 is 0 Å². The van der Waals surface area contributed by atoms with Gasteiger partial charge in [-0.05, 0) is 12.8 Å². The normalized spacial score (nSPS) is 26.2. The van der Waals surface area contributed by atoms with Gasteiger partial charge in [0.05, 0.1) is 6.54 Å². The molecule has 7 nitrogen and oxygen atoms in total. The lowest BCUT2D eigenvalue weighted by molar-refractivity contribution is -0.149. The van der Waals surface area contributed by atoms with Gasteiger partial charge in [-0.2, -0.15) is 0 Å². The number of hydrogen-bond donors (Lipinski definition) is 4. The first-order valence-corrected chi connectivity index (χ1v) is 7.09. The van der Waals surface area contributed by atoms with Gasteiger partial charge in [-0.1, -0.05) is 25.7 Å². The summed E-state index contributed by atoms with van der Waals surface area (Å²) in [5, 5.41) is 17.6. The molecular formula is C13H21N3O4. The molecule has 1 saturated carbocycles. The fourth-order valence-corrected chi connectivity index (χ4v) is 2.80. The molecule has 2 fully saturated rings. The SMILES string of the molecule is O=C1CNC(C(=O)NC2(C(=O)O)CCCCCC2)CN1. The lowest BCUT2D eigenvalue weighted by Crippen LogP contribution is -2.63. The minimum absolute atomic E-state index is 0.0815. The van der Waals surface area contributed by atoms with E-state index in [1.807, 2.05) is 0 Å². The Morgan fingerprint density at radius 1 is 1.20 bits per heavy atom. The summed E-state index contributed by atoms with van der Waals surface area (Å²) in [6, 6.07) is -0.563. The Kier molecular flexibility index (Phi) is 4.59. The zero-order valence-corrected chi connectivity index (χ0v) is 11.4. The van der Waals surface area contributed by atoms with Gasteiger partial charge in [0.25, 0.3) is 0 Å². The molecule has 0 aromatic heterocycles. The van der Waals surface area contributed by atoms with Crippen LogP contribution in [0.15, 0.2) is 0 Å². The average Bonchev–Trinajstić information content (AvgIpc) is 2.66. The second-order valence-electron chi connectivity index (χ2n) is 5.53. The Hall–Kier alpha value is -1.63. The van der Waals surface area contributed by atoms with Crippen LogP contribution in [0.4, 0.5) is 0 Å². The summed E-state index contributed by atoms with van der Waals surface area (Å²) >= 11 is 0. The van der Waals surface area contributed by atoms with E-state index in [0.717, 1.165) is 25.7 Å². The van der Waals surface area contributed by atoms with E-state index in [4.69, 9.17) is 0 Å². The molecule has 0 radical (unpaired) electrons. The molecule has 1 unspecified atom stereocenters. The van der Waals surface area contributed by atoms with Gasteiger partial charge >= 0.3 is 5.97 Å². The number of carboxylic acids is 1. The molecule has 0 aromatic carbocycles. The average molecular weight is 283 g/mol. The zero-order chi connectivity index (χ0) is 14.6. The fourth-order valence-electron chi connectivity index (χ4n) is 2.80. The van der Waals surface area contributed by atoms with Crippen molar-refractivity contribution in [3.8, 4) is 0 Å². The Morgan fingerprint density at radius 3 is 2.35 bits per heavy atom. The van der Waals surface area contributed by atoms with Crippen molar-refractivity contribution in [2.75, 3.05) is 13.1 Å². The largest absolute Gasteiger partial charge is 0.480 e. The molecule has 0 spiro atoms. The predicted octanol–water partition coefficient (Wildman–Crippen LogP) is -0.632. The van der Waals surface area contributed by atoms with Crippen molar-refractivity contribution in [1.29, 1.82) is 0 Å². The standard InChI is InChI=1S/C13H21N3O4/c17-10-8-14-9(7-15-10)11(18)16-13(12(19)20)5-3-1-2-4-6-13/h9,14H,1-8H2,(H,15,17)(H,16,18)(H,19,20). The molecule has 0 bridgehead atoms. The van der Waals surface area contributed by atoms with Crippen LogP contribution in [0.1, 0.15) is 38.5 Å². The molecule has 1 heterocycles. The minimum Gasteiger partial charge on any atom is -0.480 e. The smallest absolute Gasteiger partial charge is 0.329 e. The summed E-state index contributed by atoms with van der Waals surface area (Å²) in [6.45, 7) is 0.276. The van der Waals surface area contributed by atoms with Crippen LogP contribution in [0.5, 0.6) is 0 Å². The van der Waals surface area contributed by atoms with Gasteiger partial charge in [0.15, 0.2) is 0 Å². The van der Waals surface area contributed by atoms with Crippen molar-refractivity contribution in [3.63, 3.8) is 0 Å². The van der Waals surface area contributed by atoms with Crippen LogP contribution in [-0.4, -0.2) is 47.6 Å². The van der Waals surface area contributed by atoms with Crippen LogP contribution in [0.25, 0.3) is 0 Å². The highest BCUT2D eigenvalue weighted by Crippen LogP contribution is 2.27. The van der Waals surface area contributed by atoms with Crippen molar-refractivity contribution >= 4 is 17.8 Å². The van der Waals surface area contributed by atoms with Crippen LogP contribution < -0.4 is 16.0 Å². The molecular weight excluding hydrogens is 262 g/mol. The highest BCUT2D eigenvalue weighted by atomic mass is 16.4. The van der Waals surface area contributed by atoms with Crippen LogP contribution in [0.2, 0.25) is 0 Å². The monoisotopic (exact) mass is 283 g/mol. The van der Waals surface area contributed by atoms with Gasteiger partial charge < -0.3 is 15.7 Å².